The van der Waals surface area contributed by atoms with Gasteiger partial charge < -0.3 is 14.6 Å². The fraction of sp³-hybridized carbons (Fsp3) is 0.500. The van der Waals surface area contributed by atoms with Gasteiger partial charge in [-0.25, -0.2) is 0 Å². The molecule has 1 fully saturated rings. The molecule has 0 unspecified atom stereocenters. The SMILES string of the molecule is COc1ccc(Br)cc1CC1(C(=O)O)CCOCC1. The lowest BCUT2D eigenvalue weighted by Gasteiger charge is -2.33. The molecule has 0 aromatic heterocycles. The van der Waals surface area contributed by atoms with Gasteiger partial charge in [0, 0.05) is 17.7 Å². The van der Waals surface area contributed by atoms with E-state index < -0.39 is 11.4 Å². The molecule has 0 spiro atoms. The molecular formula is C14H17BrO4. The normalized spacial score (nSPS) is 18.0. The van der Waals surface area contributed by atoms with Crippen LogP contribution in [0.5, 0.6) is 5.75 Å². The van der Waals surface area contributed by atoms with E-state index in [2.05, 4.69) is 15.9 Å². The highest BCUT2D eigenvalue weighted by Crippen LogP contribution is 2.37. The van der Waals surface area contributed by atoms with Crippen molar-refractivity contribution in [2.45, 2.75) is 19.3 Å². The second-order valence-electron chi connectivity index (χ2n) is 4.83. The van der Waals surface area contributed by atoms with Gasteiger partial charge >= 0.3 is 5.97 Å². The largest absolute Gasteiger partial charge is 0.496 e. The first kappa shape index (κ1) is 14.3. The highest BCUT2D eigenvalue weighted by Gasteiger charge is 2.40. The van der Waals surface area contributed by atoms with E-state index in [9.17, 15) is 9.90 Å². The molecule has 0 aliphatic carbocycles. The predicted octanol–water partition coefficient (Wildman–Crippen LogP) is 2.88. The molecule has 1 saturated heterocycles. The number of aliphatic carboxylic acids is 1. The monoisotopic (exact) mass is 328 g/mol. The fourth-order valence-corrected chi connectivity index (χ4v) is 2.89. The van der Waals surface area contributed by atoms with E-state index in [1.807, 2.05) is 18.2 Å². The average Bonchev–Trinajstić information content (AvgIpc) is 2.40. The summed E-state index contributed by atoms with van der Waals surface area (Å²) in [5.41, 5.74) is 0.174. The third-order valence-electron chi connectivity index (χ3n) is 3.67. The minimum absolute atomic E-state index is 0.467. The number of methoxy groups -OCH3 is 1. The van der Waals surface area contributed by atoms with E-state index in [0.29, 0.717) is 32.5 Å². The molecule has 2 rings (SSSR count). The molecule has 1 aliphatic rings. The van der Waals surface area contributed by atoms with Crippen molar-refractivity contribution in [3.05, 3.63) is 28.2 Å². The van der Waals surface area contributed by atoms with E-state index in [1.165, 1.54) is 0 Å². The highest BCUT2D eigenvalue weighted by molar-refractivity contribution is 9.10. The first-order valence-corrected chi connectivity index (χ1v) is 7.00. The van der Waals surface area contributed by atoms with Crippen LogP contribution in [0, 0.1) is 5.41 Å². The Morgan fingerprint density at radius 1 is 1.47 bits per heavy atom. The van der Waals surface area contributed by atoms with E-state index >= 15 is 0 Å². The maximum absolute atomic E-state index is 11.7. The van der Waals surface area contributed by atoms with Crippen LogP contribution in [0.3, 0.4) is 0 Å². The van der Waals surface area contributed by atoms with Crippen molar-refractivity contribution < 1.29 is 19.4 Å². The molecule has 5 heteroatoms. The molecule has 0 atom stereocenters. The van der Waals surface area contributed by atoms with E-state index in [0.717, 1.165) is 15.8 Å². The molecule has 4 nitrogen and oxygen atoms in total. The molecule has 1 aromatic carbocycles. The van der Waals surface area contributed by atoms with Crippen molar-refractivity contribution in [1.82, 2.24) is 0 Å². The maximum atomic E-state index is 11.7. The van der Waals surface area contributed by atoms with Gasteiger partial charge in [0.05, 0.1) is 12.5 Å². The molecular weight excluding hydrogens is 312 g/mol. The molecule has 104 valence electrons. The third-order valence-corrected chi connectivity index (χ3v) is 4.17. The standard InChI is InChI=1S/C14H17BrO4/c1-18-12-3-2-11(15)8-10(12)9-14(13(16)17)4-6-19-7-5-14/h2-3,8H,4-7,9H2,1H3,(H,16,17). The number of ether oxygens (including phenoxy) is 2. The van der Waals surface area contributed by atoms with Crippen LogP contribution in [0.2, 0.25) is 0 Å². The Hall–Kier alpha value is -1.07. The van der Waals surface area contributed by atoms with Crippen molar-refractivity contribution in [2.75, 3.05) is 20.3 Å². The first-order valence-electron chi connectivity index (χ1n) is 6.21. The molecule has 0 amide bonds. The average molecular weight is 329 g/mol. The Bertz CT molecular complexity index is 467. The predicted molar refractivity (Wildman–Crippen MR) is 74.5 cm³/mol. The lowest BCUT2D eigenvalue weighted by molar-refractivity contribution is -0.154. The van der Waals surface area contributed by atoms with Crippen molar-refractivity contribution in [3.8, 4) is 5.75 Å². The van der Waals surface area contributed by atoms with Gasteiger partial charge in [-0.2, -0.15) is 0 Å². The summed E-state index contributed by atoms with van der Waals surface area (Å²) < 4.78 is 11.5. The van der Waals surface area contributed by atoms with Crippen LogP contribution >= 0.6 is 15.9 Å². The fourth-order valence-electron chi connectivity index (χ4n) is 2.48. The molecule has 1 aliphatic heterocycles. The zero-order valence-corrected chi connectivity index (χ0v) is 12.4. The van der Waals surface area contributed by atoms with Gasteiger partial charge in [0.1, 0.15) is 5.75 Å². The van der Waals surface area contributed by atoms with Gasteiger partial charge in [-0.1, -0.05) is 15.9 Å². The molecule has 0 radical (unpaired) electrons. The molecule has 1 heterocycles. The number of benzene rings is 1. The van der Waals surface area contributed by atoms with Gasteiger partial charge in [-0.05, 0) is 43.0 Å². The van der Waals surface area contributed by atoms with Crippen molar-refractivity contribution >= 4 is 21.9 Å². The Labute approximate surface area is 120 Å². The number of hydrogen-bond donors (Lipinski definition) is 1. The number of rotatable bonds is 4. The zero-order chi connectivity index (χ0) is 13.9. The summed E-state index contributed by atoms with van der Waals surface area (Å²) in [5.74, 6) is -0.0202. The van der Waals surface area contributed by atoms with Crippen LogP contribution in [0.1, 0.15) is 18.4 Å². The van der Waals surface area contributed by atoms with Crippen LogP contribution in [0.15, 0.2) is 22.7 Å². The molecule has 0 bridgehead atoms. The van der Waals surface area contributed by atoms with Crippen LogP contribution < -0.4 is 4.74 Å². The number of hydrogen-bond acceptors (Lipinski definition) is 3. The van der Waals surface area contributed by atoms with Gasteiger partial charge in [0.25, 0.3) is 0 Å². The number of carboxylic acid groups (broad SMARTS) is 1. The molecule has 0 saturated carbocycles. The Morgan fingerprint density at radius 3 is 2.74 bits per heavy atom. The van der Waals surface area contributed by atoms with Gasteiger partial charge in [-0.3, -0.25) is 4.79 Å². The van der Waals surface area contributed by atoms with Crippen molar-refractivity contribution in [3.63, 3.8) is 0 Å². The van der Waals surface area contributed by atoms with Crippen molar-refractivity contribution in [2.24, 2.45) is 5.41 Å². The highest BCUT2D eigenvalue weighted by atomic mass is 79.9. The first-order chi connectivity index (χ1) is 9.07. The number of carboxylic acids is 1. The van der Waals surface area contributed by atoms with Gasteiger partial charge in [-0.15, -0.1) is 0 Å². The second kappa shape index (κ2) is 5.92. The zero-order valence-electron chi connectivity index (χ0n) is 10.8. The summed E-state index contributed by atoms with van der Waals surface area (Å²) in [4.78, 5) is 11.7. The van der Waals surface area contributed by atoms with Crippen molar-refractivity contribution in [1.29, 1.82) is 0 Å². The minimum Gasteiger partial charge on any atom is -0.496 e. The van der Waals surface area contributed by atoms with Crippen LogP contribution in [0.25, 0.3) is 0 Å². The quantitative estimate of drug-likeness (QED) is 0.923. The van der Waals surface area contributed by atoms with Crippen LogP contribution in [-0.2, 0) is 16.0 Å². The van der Waals surface area contributed by atoms with E-state index in [-0.39, 0.29) is 0 Å². The smallest absolute Gasteiger partial charge is 0.310 e. The summed E-state index contributed by atoms with van der Waals surface area (Å²) in [6.45, 7) is 1.01. The Balaban J connectivity index is 2.31. The van der Waals surface area contributed by atoms with Crippen LogP contribution in [0.4, 0.5) is 0 Å². The molecule has 19 heavy (non-hydrogen) atoms. The molecule has 1 aromatic rings. The minimum atomic E-state index is -0.752. The van der Waals surface area contributed by atoms with E-state index in [1.54, 1.807) is 7.11 Å². The maximum Gasteiger partial charge on any atom is 0.310 e. The summed E-state index contributed by atoms with van der Waals surface area (Å²) in [6.07, 6.45) is 1.55. The van der Waals surface area contributed by atoms with E-state index in [4.69, 9.17) is 9.47 Å². The third kappa shape index (κ3) is 3.09. The number of carbonyl (C=O) groups is 1. The van der Waals surface area contributed by atoms with Gasteiger partial charge in [0.15, 0.2) is 0 Å². The summed E-state index contributed by atoms with van der Waals surface area (Å²) in [7, 11) is 1.60. The Morgan fingerprint density at radius 2 is 2.16 bits per heavy atom. The summed E-state index contributed by atoms with van der Waals surface area (Å²) >= 11 is 3.42. The number of halogens is 1. The van der Waals surface area contributed by atoms with Gasteiger partial charge in [0.2, 0.25) is 0 Å². The second-order valence-corrected chi connectivity index (χ2v) is 5.75. The Kier molecular flexibility index (Phi) is 4.47. The lowest BCUT2D eigenvalue weighted by Crippen LogP contribution is -2.39. The summed E-state index contributed by atoms with van der Waals surface area (Å²) in [6, 6.07) is 5.67. The lowest BCUT2D eigenvalue weighted by atomic mass is 9.75. The topological polar surface area (TPSA) is 55.8 Å². The van der Waals surface area contributed by atoms with Crippen LogP contribution in [-0.4, -0.2) is 31.4 Å². The summed E-state index contributed by atoms with van der Waals surface area (Å²) in [5, 5.41) is 9.57. The molecule has 1 N–H and O–H groups in total.